The van der Waals surface area contributed by atoms with Crippen LogP contribution in [0.5, 0.6) is 0 Å². The van der Waals surface area contributed by atoms with Crippen molar-refractivity contribution < 1.29 is 0 Å². The molecule has 2 heteroatoms. The molecule has 0 amide bonds. The Morgan fingerprint density at radius 3 is 1.59 bits per heavy atom. The average Bonchev–Trinajstić information content (AvgIpc) is 3.10. The van der Waals surface area contributed by atoms with Crippen LogP contribution >= 0.6 is 0 Å². The lowest BCUT2D eigenvalue weighted by molar-refractivity contribution is 1.33. The average molecular weight is 559 g/mol. The zero-order chi connectivity index (χ0) is 29.0. The molecular formula is C42H26N2. The summed E-state index contributed by atoms with van der Waals surface area (Å²) in [7, 11) is 0. The van der Waals surface area contributed by atoms with Crippen LogP contribution in [0.2, 0.25) is 0 Å². The van der Waals surface area contributed by atoms with E-state index >= 15 is 0 Å². The molecule has 0 saturated carbocycles. The third-order valence-corrected chi connectivity index (χ3v) is 8.85. The molecule has 0 atom stereocenters. The Hall–Kier alpha value is -5.86. The van der Waals surface area contributed by atoms with E-state index in [0.29, 0.717) is 0 Å². The van der Waals surface area contributed by atoms with Gasteiger partial charge in [-0.1, -0.05) is 115 Å². The Balaban J connectivity index is 1.38. The van der Waals surface area contributed by atoms with Crippen LogP contribution < -0.4 is 0 Å². The highest BCUT2D eigenvalue weighted by Gasteiger charge is 2.16. The maximum Gasteiger partial charge on any atom is 0.0722 e. The maximum absolute atomic E-state index is 5.38. The van der Waals surface area contributed by atoms with Gasteiger partial charge in [0.25, 0.3) is 0 Å². The molecule has 0 aliphatic carbocycles. The van der Waals surface area contributed by atoms with Crippen molar-refractivity contribution in [1.82, 2.24) is 9.97 Å². The van der Waals surface area contributed by atoms with Gasteiger partial charge < -0.3 is 0 Å². The molecule has 2 aromatic heterocycles. The number of nitrogens with zero attached hydrogens (tertiary/aromatic N) is 2. The predicted molar refractivity (Wildman–Crippen MR) is 186 cm³/mol. The molecule has 9 rings (SSSR count). The van der Waals surface area contributed by atoms with Gasteiger partial charge in [0.15, 0.2) is 0 Å². The van der Waals surface area contributed by atoms with Gasteiger partial charge in [0, 0.05) is 22.7 Å². The first-order valence-electron chi connectivity index (χ1n) is 15.0. The molecule has 2 heterocycles. The van der Waals surface area contributed by atoms with Gasteiger partial charge in [-0.25, -0.2) is 4.98 Å². The highest BCUT2D eigenvalue weighted by molar-refractivity contribution is 6.15. The summed E-state index contributed by atoms with van der Waals surface area (Å²) in [5.41, 5.74) is 7.38. The fourth-order valence-corrected chi connectivity index (χ4v) is 6.76. The number of benzene rings is 7. The molecule has 9 aromatic rings. The van der Waals surface area contributed by atoms with Crippen molar-refractivity contribution in [3.63, 3.8) is 0 Å². The molecular weight excluding hydrogens is 532 g/mol. The molecule has 0 aliphatic heterocycles. The van der Waals surface area contributed by atoms with Crippen molar-refractivity contribution in [2.75, 3.05) is 0 Å². The van der Waals surface area contributed by atoms with E-state index in [2.05, 4.69) is 151 Å². The number of fused-ring (bicyclic) bond motifs is 7. The van der Waals surface area contributed by atoms with Gasteiger partial charge in [-0.05, 0) is 90.6 Å². The van der Waals surface area contributed by atoms with E-state index in [4.69, 9.17) is 4.98 Å². The van der Waals surface area contributed by atoms with E-state index in [1.807, 2.05) is 12.3 Å². The van der Waals surface area contributed by atoms with Gasteiger partial charge >= 0.3 is 0 Å². The minimum Gasteiger partial charge on any atom is -0.256 e. The van der Waals surface area contributed by atoms with Crippen molar-refractivity contribution in [3.05, 3.63) is 158 Å². The minimum absolute atomic E-state index is 0.930. The van der Waals surface area contributed by atoms with E-state index in [1.54, 1.807) is 0 Å². The molecule has 204 valence electrons. The van der Waals surface area contributed by atoms with Crippen LogP contribution in [0.15, 0.2) is 158 Å². The SMILES string of the molecule is c1cnc2cc(-c3cc(-c4cc5ccccc5c5ccccc45)cc(-c4cc5ccccc5c5ccccc45)n3)ccc2c1. The van der Waals surface area contributed by atoms with Gasteiger partial charge in [0.05, 0.1) is 16.9 Å². The van der Waals surface area contributed by atoms with Crippen molar-refractivity contribution in [2.24, 2.45) is 0 Å². The van der Waals surface area contributed by atoms with Gasteiger partial charge in [-0.3, -0.25) is 4.98 Å². The lowest BCUT2D eigenvalue weighted by Crippen LogP contribution is -1.94. The lowest BCUT2D eigenvalue weighted by atomic mass is 9.90. The van der Waals surface area contributed by atoms with Gasteiger partial charge in [0.1, 0.15) is 0 Å². The van der Waals surface area contributed by atoms with Crippen LogP contribution in [-0.4, -0.2) is 9.97 Å². The standard InChI is InChI=1S/C42H26N2/c1-3-13-32-28(10-1)22-38(36-17-7-5-15-34(32)36)31-25-41(30-20-19-27-12-9-21-43-40(27)24-30)44-42(26-31)39-23-29-11-2-4-14-33(29)35-16-6-8-18-37(35)39/h1-26H. The van der Waals surface area contributed by atoms with Crippen molar-refractivity contribution in [2.45, 2.75) is 0 Å². The number of rotatable bonds is 3. The van der Waals surface area contributed by atoms with E-state index in [-0.39, 0.29) is 0 Å². The van der Waals surface area contributed by atoms with Crippen LogP contribution in [0.1, 0.15) is 0 Å². The highest BCUT2D eigenvalue weighted by atomic mass is 14.7. The summed E-state index contributed by atoms with van der Waals surface area (Å²) in [5, 5.41) is 11.0. The summed E-state index contributed by atoms with van der Waals surface area (Å²) in [6, 6.07) is 54.4. The first-order chi connectivity index (χ1) is 21.8. The maximum atomic E-state index is 5.38. The van der Waals surface area contributed by atoms with Crippen LogP contribution in [0.4, 0.5) is 0 Å². The Labute approximate surface area is 254 Å². The second-order valence-corrected chi connectivity index (χ2v) is 11.4. The van der Waals surface area contributed by atoms with Crippen molar-refractivity contribution in [1.29, 1.82) is 0 Å². The smallest absolute Gasteiger partial charge is 0.0722 e. The fraction of sp³-hybridized carbons (Fsp3) is 0. The number of pyridine rings is 2. The first-order valence-corrected chi connectivity index (χ1v) is 15.0. The molecule has 0 saturated heterocycles. The van der Waals surface area contributed by atoms with Crippen molar-refractivity contribution in [3.8, 4) is 33.6 Å². The van der Waals surface area contributed by atoms with Crippen LogP contribution in [0, 0.1) is 0 Å². The summed E-state index contributed by atoms with van der Waals surface area (Å²) in [4.78, 5) is 10.0. The first kappa shape index (κ1) is 24.7. The van der Waals surface area contributed by atoms with E-state index in [9.17, 15) is 0 Å². The molecule has 0 spiro atoms. The molecule has 7 aromatic carbocycles. The predicted octanol–water partition coefficient (Wildman–Crippen LogP) is 11.2. The summed E-state index contributed by atoms with van der Waals surface area (Å²) >= 11 is 0. The number of hydrogen-bond acceptors (Lipinski definition) is 2. The molecule has 0 N–H and O–H groups in total. The summed E-state index contributed by atoms with van der Waals surface area (Å²) in [5.74, 6) is 0. The summed E-state index contributed by atoms with van der Waals surface area (Å²) in [6.45, 7) is 0. The van der Waals surface area contributed by atoms with E-state index < -0.39 is 0 Å². The van der Waals surface area contributed by atoms with Crippen molar-refractivity contribution >= 4 is 54.0 Å². The molecule has 0 aliphatic rings. The number of hydrogen-bond donors (Lipinski definition) is 0. The second kappa shape index (κ2) is 9.86. The third-order valence-electron chi connectivity index (χ3n) is 8.85. The van der Waals surface area contributed by atoms with E-state index in [1.165, 1.54) is 48.7 Å². The van der Waals surface area contributed by atoms with E-state index in [0.717, 1.165) is 39.0 Å². The van der Waals surface area contributed by atoms with Gasteiger partial charge in [-0.15, -0.1) is 0 Å². The molecule has 44 heavy (non-hydrogen) atoms. The topological polar surface area (TPSA) is 25.8 Å². The number of aromatic nitrogens is 2. The van der Waals surface area contributed by atoms with Crippen LogP contribution in [0.3, 0.4) is 0 Å². The Morgan fingerprint density at radius 2 is 0.886 bits per heavy atom. The highest BCUT2D eigenvalue weighted by Crippen LogP contribution is 2.40. The van der Waals surface area contributed by atoms with Gasteiger partial charge in [0.2, 0.25) is 0 Å². The monoisotopic (exact) mass is 558 g/mol. The molecule has 0 radical (unpaired) electrons. The third kappa shape index (κ3) is 3.96. The second-order valence-electron chi connectivity index (χ2n) is 11.4. The Bertz CT molecular complexity index is 2430. The van der Waals surface area contributed by atoms with Crippen LogP contribution in [-0.2, 0) is 0 Å². The largest absolute Gasteiger partial charge is 0.256 e. The zero-order valence-corrected chi connectivity index (χ0v) is 23.9. The zero-order valence-electron chi connectivity index (χ0n) is 23.9. The molecule has 2 nitrogen and oxygen atoms in total. The van der Waals surface area contributed by atoms with Crippen LogP contribution in [0.25, 0.3) is 87.6 Å². The fourth-order valence-electron chi connectivity index (χ4n) is 6.76. The minimum atomic E-state index is 0.930. The molecule has 0 fully saturated rings. The Morgan fingerprint density at radius 1 is 0.341 bits per heavy atom. The van der Waals surface area contributed by atoms with Gasteiger partial charge in [-0.2, -0.15) is 0 Å². The summed E-state index contributed by atoms with van der Waals surface area (Å²) < 4.78 is 0. The summed E-state index contributed by atoms with van der Waals surface area (Å²) in [6.07, 6.45) is 1.85. The quantitative estimate of drug-likeness (QED) is 0.202. The molecule has 0 unspecified atom stereocenters. The Kier molecular flexibility index (Phi) is 5.54. The normalized spacial score (nSPS) is 11.6. The molecule has 0 bridgehead atoms. The lowest BCUT2D eigenvalue weighted by Gasteiger charge is -2.16.